The Bertz CT molecular complexity index is 2000. The molecule has 4 aromatic rings. The van der Waals surface area contributed by atoms with Crippen LogP contribution in [0.3, 0.4) is 0 Å². The summed E-state index contributed by atoms with van der Waals surface area (Å²) >= 11 is 0. The first kappa shape index (κ1) is 35.2. The summed E-state index contributed by atoms with van der Waals surface area (Å²) in [4.78, 5) is 52.2. The van der Waals surface area contributed by atoms with Gasteiger partial charge >= 0.3 is 5.97 Å². The van der Waals surface area contributed by atoms with Crippen molar-refractivity contribution in [1.29, 1.82) is 0 Å². The van der Waals surface area contributed by atoms with Crippen LogP contribution in [0, 0.1) is 0 Å². The smallest absolute Gasteiger partial charge is 0.305 e. The summed E-state index contributed by atoms with van der Waals surface area (Å²) < 4.78 is 17.3. The number of anilines is 1. The maximum atomic E-state index is 14.3. The van der Waals surface area contributed by atoms with E-state index in [4.69, 9.17) is 14.2 Å². The Morgan fingerprint density at radius 1 is 0.673 bits per heavy atom. The number of carbonyl (C=O) groups excluding carboxylic acids is 4. The highest BCUT2D eigenvalue weighted by Crippen LogP contribution is 2.51. The van der Waals surface area contributed by atoms with Crippen molar-refractivity contribution in [3.63, 3.8) is 0 Å². The molecule has 0 aromatic heterocycles. The van der Waals surface area contributed by atoms with Crippen molar-refractivity contribution in [2.75, 3.05) is 24.7 Å². The summed E-state index contributed by atoms with van der Waals surface area (Å²) in [5.74, 6) is 0.967. The Hall–Kier alpha value is -5.24. The largest absolute Gasteiger partial charge is 0.494 e. The zero-order valence-corrected chi connectivity index (χ0v) is 29.8. The van der Waals surface area contributed by atoms with Crippen LogP contribution < -0.4 is 14.4 Å². The van der Waals surface area contributed by atoms with Gasteiger partial charge in [0.15, 0.2) is 0 Å². The van der Waals surface area contributed by atoms with Crippen LogP contribution in [0.25, 0.3) is 22.3 Å². The predicted octanol–water partition coefficient (Wildman–Crippen LogP) is 8.66. The quantitative estimate of drug-likeness (QED) is 0.0500. The molecule has 0 fully saturated rings. The van der Waals surface area contributed by atoms with Crippen molar-refractivity contribution in [3.05, 3.63) is 100 Å². The van der Waals surface area contributed by atoms with Gasteiger partial charge in [0.25, 0.3) is 11.8 Å². The number of hydrogen-bond donors (Lipinski definition) is 0. The van der Waals surface area contributed by atoms with Crippen molar-refractivity contribution in [1.82, 2.24) is 0 Å². The monoisotopic (exact) mass is 699 g/mol. The van der Waals surface area contributed by atoms with Gasteiger partial charge in [-0.2, -0.15) is 0 Å². The number of esters is 1. The van der Waals surface area contributed by atoms with Gasteiger partial charge in [0.2, 0.25) is 0 Å². The van der Waals surface area contributed by atoms with Gasteiger partial charge < -0.3 is 19.0 Å². The van der Waals surface area contributed by atoms with E-state index in [1.165, 1.54) is 10.5 Å². The van der Waals surface area contributed by atoms with Crippen LogP contribution in [0.4, 0.5) is 5.69 Å². The second-order valence-electron chi connectivity index (χ2n) is 13.7. The number of carbonyl (C=O) groups is 4. The van der Waals surface area contributed by atoms with E-state index in [1.807, 2.05) is 49.4 Å². The van der Waals surface area contributed by atoms with E-state index in [0.717, 1.165) is 108 Å². The van der Waals surface area contributed by atoms with Crippen LogP contribution in [-0.2, 0) is 40.0 Å². The molecule has 0 saturated heterocycles. The molecule has 4 aromatic carbocycles. The van der Waals surface area contributed by atoms with Crippen LogP contribution >= 0.6 is 0 Å². The molecule has 1 heterocycles. The van der Waals surface area contributed by atoms with Gasteiger partial charge in [0.05, 0.1) is 36.6 Å². The van der Waals surface area contributed by atoms with E-state index < -0.39 is 0 Å². The number of para-hydroxylation sites is 1. The number of unbranched alkanes of at least 4 members (excludes halogenated alkanes) is 5. The summed E-state index contributed by atoms with van der Waals surface area (Å²) in [5, 5.41) is 0. The van der Waals surface area contributed by atoms with Crippen molar-refractivity contribution in [2.45, 2.75) is 84.0 Å². The Labute approximate surface area is 305 Å². The lowest BCUT2D eigenvalue weighted by molar-refractivity contribution is -0.143. The summed E-state index contributed by atoms with van der Waals surface area (Å²) in [6.45, 7) is 3.38. The molecule has 1 aliphatic heterocycles. The van der Waals surface area contributed by atoms with Gasteiger partial charge in [-0.15, -0.1) is 0 Å². The molecule has 0 radical (unpaired) electrons. The number of ether oxygens (including phenoxy) is 3. The van der Waals surface area contributed by atoms with Crippen LogP contribution in [0.5, 0.6) is 11.5 Å². The Balaban J connectivity index is 1.22. The first-order valence-electron chi connectivity index (χ1n) is 18.8. The third kappa shape index (κ3) is 6.99. The Morgan fingerprint density at radius 2 is 1.23 bits per heavy atom. The highest BCUT2D eigenvalue weighted by Gasteiger charge is 2.44. The highest BCUT2D eigenvalue weighted by atomic mass is 16.5. The summed E-state index contributed by atoms with van der Waals surface area (Å²) in [6.07, 6.45) is 9.93. The maximum absolute atomic E-state index is 14.3. The maximum Gasteiger partial charge on any atom is 0.305 e. The minimum absolute atomic E-state index is 0.153. The molecule has 52 heavy (non-hydrogen) atoms. The molecule has 3 aliphatic rings. The molecular weight excluding hydrogens is 654 g/mol. The lowest BCUT2D eigenvalue weighted by Gasteiger charge is -2.31. The number of hydrogen-bond acceptors (Lipinski definition) is 7. The second-order valence-corrected chi connectivity index (χ2v) is 13.7. The molecule has 8 nitrogen and oxygen atoms in total. The fourth-order valence-corrected chi connectivity index (χ4v) is 7.96. The molecule has 0 unspecified atom stereocenters. The Kier molecular flexibility index (Phi) is 10.8. The van der Waals surface area contributed by atoms with Gasteiger partial charge in [-0.05, 0) is 152 Å². The van der Waals surface area contributed by atoms with E-state index in [9.17, 15) is 19.2 Å². The van der Waals surface area contributed by atoms with Gasteiger partial charge in [-0.3, -0.25) is 14.4 Å². The average Bonchev–Trinajstić information content (AvgIpc) is 3.43. The number of amides is 2. The average molecular weight is 700 g/mol. The van der Waals surface area contributed by atoms with E-state index in [-0.39, 0.29) is 17.8 Å². The standard InChI is InChI=1S/C44H45NO7/c1-2-50-38(47)15-9-6-12-26-52-33-19-23-35-30(28-33)17-21-37-40(35)39-34-22-18-32(51-25-11-4-3-10-24-46)27-29(34)16-20-36(39)41-42(37)44(49)45(43(41)48)31-13-7-5-8-14-31/h5,7-8,13-14,18-19,22-24,27-28H,2-4,6,9-12,15-17,20-21,25-26H2,1H3. The van der Waals surface area contributed by atoms with Crippen molar-refractivity contribution in [3.8, 4) is 33.8 Å². The summed E-state index contributed by atoms with van der Waals surface area (Å²) in [7, 11) is 0. The van der Waals surface area contributed by atoms with E-state index in [2.05, 4.69) is 24.3 Å². The number of nitrogens with zero attached hydrogens (tertiary/aromatic N) is 1. The molecule has 0 saturated carbocycles. The molecule has 8 heteroatoms. The lowest BCUT2D eigenvalue weighted by atomic mass is 9.72. The van der Waals surface area contributed by atoms with Crippen LogP contribution in [0.2, 0.25) is 0 Å². The van der Waals surface area contributed by atoms with Crippen LogP contribution in [0.1, 0.15) is 101 Å². The molecule has 268 valence electrons. The van der Waals surface area contributed by atoms with Crippen LogP contribution in [-0.4, -0.2) is 43.9 Å². The molecule has 2 aliphatic carbocycles. The summed E-state index contributed by atoms with van der Waals surface area (Å²) in [6, 6.07) is 21.7. The second kappa shape index (κ2) is 16.0. The third-order valence-corrected chi connectivity index (χ3v) is 10.4. The first-order chi connectivity index (χ1) is 25.5. The molecule has 0 N–H and O–H groups in total. The first-order valence-corrected chi connectivity index (χ1v) is 18.8. The zero-order chi connectivity index (χ0) is 36.0. The van der Waals surface area contributed by atoms with Crippen molar-refractivity contribution >= 4 is 29.8 Å². The van der Waals surface area contributed by atoms with Crippen molar-refractivity contribution < 1.29 is 33.4 Å². The molecule has 0 bridgehead atoms. The van der Waals surface area contributed by atoms with E-state index in [0.29, 0.717) is 62.3 Å². The topological polar surface area (TPSA) is 99.2 Å². The van der Waals surface area contributed by atoms with Gasteiger partial charge in [-0.25, -0.2) is 4.90 Å². The Morgan fingerprint density at radius 3 is 1.77 bits per heavy atom. The molecular formula is C44H45NO7. The molecule has 0 spiro atoms. The number of aldehydes is 1. The fraction of sp³-hybridized carbons (Fsp3) is 0.364. The number of aryl methyl sites for hydroxylation is 2. The summed E-state index contributed by atoms with van der Waals surface area (Å²) in [5.41, 5.74) is 10.1. The number of fused-ring (bicyclic) bond motifs is 10. The normalized spacial score (nSPS) is 13.8. The molecule has 0 atom stereocenters. The van der Waals surface area contributed by atoms with Gasteiger partial charge in [0, 0.05) is 12.8 Å². The minimum Gasteiger partial charge on any atom is -0.494 e. The number of imide groups is 1. The lowest BCUT2D eigenvalue weighted by Crippen LogP contribution is -2.29. The van der Waals surface area contributed by atoms with E-state index >= 15 is 0 Å². The van der Waals surface area contributed by atoms with Crippen molar-refractivity contribution in [2.24, 2.45) is 0 Å². The molecule has 2 amide bonds. The van der Waals surface area contributed by atoms with Gasteiger partial charge in [-0.1, -0.05) is 30.3 Å². The minimum atomic E-state index is -0.251. The number of benzene rings is 4. The van der Waals surface area contributed by atoms with Gasteiger partial charge in [0.1, 0.15) is 17.8 Å². The highest BCUT2D eigenvalue weighted by molar-refractivity contribution is 6.36. The SMILES string of the molecule is CCOC(=O)CCCCCOc1ccc2c(c1)CCc1c3c(c4c(c1-2)-c1ccc(OCCCCCC=O)cc1CC4)C(=O)N(c1ccccc1)C3=O. The van der Waals surface area contributed by atoms with E-state index in [1.54, 1.807) is 0 Å². The number of rotatable bonds is 16. The zero-order valence-electron chi connectivity index (χ0n) is 29.8. The third-order valence-electron chi connectivity index (χ3n) is 10.4. The fourth-order valence-electron chi connectivity index (χ4n) is 7.96. The predicted molar refractivity (Wildman–Crippen MR) is 200 cm³/mol. The van der Waals surface area contributed by atoms with Crippen LogP contribution in [0.15, 0.2) is 66.7 Å². The molecule has 7 rings (SSSR count).